The van der Waals surface area contributed by atoms with Gasteiger partial charge in [0.25, 0.3) is 12.0 Å². The standard InChI is InChI=1S/C23H26N2O2/c1-13-8-15(3)20(16(4)9-13)24-12-25(23(27)22(24)19(7)26)21-17(5)10-14(2)11-18(21)6/h8-12H,1-7H3/p+1. The van der Waals surface area contributed by atoms with Crippen LogP contribution in [0, 0.1) is 41.5 Å². The van der Waals surface area contributed by atoms with Crippen LogP contribution in [0.3, 0.4) is 0 Å². The van der Waals surface area contributed by atoms with Gasteiger partial charge >= 0.3 is 5.88 Å². The highest BCUT2D eigenvalue weighted by Crippen LogP contribution is 2.28. The van der Waals surface area contributed by atoms with Gasteiger partial charge in [-0.2, -0.15) is 9.13 Å². The number of carbonyl (C=O) groups is 1. The van der Waals surface area contributed by atoms with Crippen LogP contribution in [0.15, 0.2) is 30.6 Å². The number of imidazole rings is 1. The van der Waals surface area contributed by atoms with E-state index in [1.165, 1.54) is 18.1 Å². The summed E-state index contributed by atoms with van der Waals surface area (Å²) in [4.78, 5) is 12.4. The minimum Gasteiger partial charge on any atom is -0.474 e. The molecule has 0 saturated carbocycles. The Morgan fingerprint density at radius 1 is 0.852 bits per heavy atom. The summed E-state index contributed by atoms with van der Waals surface area (Å²) in [6.45, 7) is 13.7. The summed E-state index contributed by atoms with van der Waals surface area (Å²) in [5.41, 5.74) is 8.71. The maximum Gasteiger partial charge on any atom is 0.339 e. The minimum atomic E-state index is -0.173. The summed E-state index contributed by atoms with van der Waals surface area (Å²) in [7, 11) is 0. The molecule has 2 aromatic carbocycles. The lowest BCUT2D eigenvalue weighted by Gasteiger charge is -2.09. The van der Waals surface area contributed by atoms with Gasteiger partial charge in [0.05, 0.1) is 0 Å². The average molecular weight is 363 g/mol. The van der Waals surface area contributed by atoms with E-state index < -0.39 is 0 Å². The molecule has 0 aliphatic carbocycles. The van der Waals surface area contributed by atoms with Gasteiger partial charge < -0.3 is 5.11 Å². The molecule has 4 heteroatoms. The SMILES string of the molecule is CC(=O)c1c(O)[n+](-c2c(C)cc(C)cc2C)cn1-c1c(C)cc(C)cc1C. The van der Waals surface area contributed by atoms with E-state index >= 15 is 0 Å². The second kappa shape index (κ2) is 6.69. The van der Waals surface area contributed by atoms with E-state index in [1.807, 2.05) is 38.6 Å². The van der Waals surface area contributed by atoms with Gasteiger partial charge in [-0.15, -0.1) is 0 Å². The van der Waals surface area contributed by atoms with Crippen LogP contribution in [0.1, 0.15) is 50.8 Å². The zero-order valence-corrected chi connectivity index (χ0v) is 17.1. The Morgan fingerprint density at radius 3 is 1.74 bits per heavy atom. The van der Waals surface area contributed by atoms with Crippen LogP contribution in [0.25, 0.3) is 11.4 Å². The summed E-state index contributed by atoms with van der Waals surface area (Å²) in [5, 5.41) is 11.0. The molecule has 27 heavy (non-hydrogen) atoms. The maximum absolute atomic E-state index is 12.4. The molecule has 0 bridgehead atoms. The number of hydrogen-bond donors (Lipinski definition) is 1. The van der Waals surface area contributed by atoms with E-state index in [1.54, 1.807) is 4.57 Å². The zero-order valence-electron chi connectivity index (χ0n) is 17.1. The molecule has 0 saturated heterocycles. The number of carbonyl (C=O) groups excluding carboxylic acids is 1. The van der Waals surface area contributed by atoms with E-state index in [9.17, 15) is 9.90 Å². The van der Waals surface area contributed by atoms with Crippen molar-refractivity contribution in [3.63, 3.8) is 0 Å². The van der Waals surface area contributed by atoms with Crippen LogP contribution in [0.5, 0.6) is 5.88 Å². The van der Waals surface area contributed by atoms with Gasteiger partial charge in [-0.25, -0.2) is 0 Å². The first-order valence-electron chi connectivity index (χ1n) is 9.15. The monoisotopic (exact) mass is 363 g/mol. The van der Waals surface area contributed by atoms with Crippen molar-refractivity contribution in [3.8, 4) is 17.3 Å². The first-order chi connectivity index (χ1) is 12.6. The van der Waals surface area contributed by atoms with Crippen LogP contribution >= 0.6 is 0 Å². The van der Waals surface area contributed by atoms with Crippen molar-refractivity contribution < 1.29 is 14.5 Å². The molecule has 1 N–H and O–H groups in total. The van der Waals surface area contributed by atoms with E-state index in [0.29, 0.717) is 5.69 Å². The first kappa shape index (κ1) is 18.9. The Kier molecular flexibility index (Phi) is 4.68. The van der Waals surface area contributed by atoms with E-state index in [0.717, 1.165) is 33.6 Å². The Bertz CT molecular complexity index is 1030. The maximum atomic E-state index is 12.4. The molecule has 0 unspecified atom stereocenters. The number of benzene rings is 2. The number of aromatic hydroxyl groups is 1. The third-order valence-electron chi connectivity index (χ3n) is 5.00. The molecular weight excluding hydrogens is 336 g/mol. The van der Waals surface area contributed by atoms with Crippen molar-refractivity contribution in [1.82, 2.24) is 4.57 Å². The molecule has 0 aliphatic heterocycles. The number of aryl methyl sites for hydroxylation is 6. The second-order valence-corrected chi connectivity index (χ2v) is 7.58. The molecule has 1 aromatic heterocycles. The molecule has 140 valence electrons. The Balaban J connectivity index is 2.38. The molecule has 0 radical (unpaired) electrons. The molecular formula is C23H27N2O2+. The fourth-order valence-corrected chi connectivity index (χ4v) is 4.21. The number of Topliss-reactive ketones (excluding diaryl/α,β-unsaturated/α-hetero) is 1. The summed E-state index contributed by atoms with van der Waals surface area (Å²) in [6.07, 6.45) is 1.82. The minimum absolute atomic E-state index is 0.0306. The number of aromatic nitrogens is 2. The van der Waals surface area contributed by atoms with Crippen LogP contribution in [-0.4, -0.2) is 15.5 Å². The number of nitrogens with zero attached hydrogens (tertiary/aromatic N) is 2. The molecule has 0 aliphatic rings. The Labute approximate surface area is 160 Å². The highest BCUT2D eigenvalue weighted by molar-refractivity contribution is 5.95. The molecule has 0 spiro atoms. The van der Waals surface area contributed by atoms with Crippen molar-refractivity contribution in [2.45, 2.75) is 48.5 Å². The van der Waals surface area contributed by atoms with Gasteiger partial charge in [0.2, 0.25) is 5.78 Å². The summed E-state index contributed by atoms with van der Waals surface area (Å²) < 4.78 is 3.54. The zero-order chi connectivity index (χ0) is 20.0. The molecule has 1 heterocycles. The number of ketones is 1. The third-order valence-corrected chi connectivity index (χ3v) is 5.00. The topological polar surface area (TPSA) is 46.1 Å². The summed E-state index contributed by atoms with van der Waals surface area (Å²) >= 11 is 0. The van der Waals surface area contributed by atoms with Crippen LogP contribution in [0.2, 0.25) is 0 Å². The van der Waals surface area contributed by atoms with Crippen molar-refractivity contribution in [1.29, 1.82) is 0 Å². The third kappa shape index (κ3) is 3.16. The predicted molar refractivity (Wildman–Crippen MR) is 107 cm³/mol. The Morgan fingerprint density at radius 2 is 1.30 bits per heavy atom. The largest absolute Gasteiger partial charge is 0.474 e. The average Bonchev–Trinajstić information content (AvgIpc) is 2.82. The summed E-state index contributed by atoms with van der Waals surface area (Å²) in [5.74, 6) is -0.204. The lowest BCUT2D eigenvalue weighted by Crippen LogP contribution is -2.31. The lowest BCUT2D eigenvalue weighted by atomic mass is 10.0. The van der Waals surface area contributed by atoms with Gasteiger partial charge in [-0.1, -0.05) is 35.4 Å². The van der Waals surface area contributed by atoms with Crippen LogP contribution < -0.4 is 4.57 Å². The molecule has 0 atom stereocenters. The molecule has 0 amide bonds. The smallest absolute Gasteiger partial charge is 0.339 e. The lowest BCUT2D eigenvalue weighted by molar-refractivity contribution is -0.603. The fourth-order valence-electron chi connectivity index (χ4n) is 4.21. The highest BCUT2D eigenvalue weighted by atomic mass is 16.3. The predicted octanol–water partition coefficient (Wildman–Crippen LogP) is 4.51. The normalized spacial score (nSPS) is 11.1. The quantitative estimate of drug-likeness (QED) is 0.550. The fraction of sp³-hybridized carbons (Fsp3) is 0.304. The second-order valence-electron chi connectivity index (χ2n) is 7.58. The van der Waals surface area contributed by atoms with Gasteiger partial charge in [0.15, 0.2) is 0 Å². The van der Waals surface area contributed by atoms with Gasteiger partial charge in [0, 0.05) is 6.92 Å². The van der Waals surface area contributed by atoms with E-state index in [2.05, 4.69) is 38.1 Å². The summed E-state index contributed by atoms with van der Waals surface area (Å²) in [6, 6.07) is 8.36. The number of rotatable bonds is 3. The van der Waals surface area contributed by atoms with E-state index in [-0.39, 0.29) is 11.7 Å². The van der Waals surface area contributed by atoms with Crippen LogP contribution in [-0.2, 0) is 0 Å². The van der Waals surface area contributed by atoms with Crippen molar-refractivity contribution in [2.75, 3.05) is 0 Å². The molecule has 3 aromatic rings. The van der Waals surface area contributed by atoms with Gasteiger partial charge in [-0.05, 0) is 63.8 Å². The number of hydrogen-bond acceptors (Lipinski definition) is 2. The van der Waals surface area contributed by atoms with Gasteiger partial charge in [-0.3, -0.25) is 4.79 Å². The first-order valence-corrected chi connectivity index (χ1v) is 9.15. The van der Waals surface area contributed by atoms with Crippen molar-refractivity contribution in [2.24, 2.45) is 0 Å². The molecule has 4 nitrogen and oxygen atoms in total. The molecule has 3 rings (SSSR count). The Hall–Kier alpha value is -2.88. The van der Waals surface area contributed by atoms with E-state index in [4.69, 9.17) is 0 Å². The van der Waals surface area contributed by atoms with Crippen molar-refractivity contribution in [3.05, 3.63) is 69.7 Å². The molecule has 0 fully saturated rings. The van der Waals surface area contributed by atoms with Gasteiger partial charge in [0.1, 0.15) is 11.4 Å². The van der Waals surface area contributed by atoms with Crippen molar-refractivity contribution >= 4 is 5.78 Å². The highest BCUT2D eigenvalue weighted by Gasteiger charge is 2.31. The van der Waals surface area contributed by atoms with Crippen LogP contribution in [0.4, 0.5) is 0 Å².